The second kappa shape index (κ2) is 5.49. The van der Waals surface area contributed by atoms with Gasteiger partial charge in [0.1, 0.15) is 11.5 Å². The fourth-order valence-corrected chi connectivity index (χ4v) is 1.98. The number of halogens is 2. The van der Waals surface area contributed by atoms with Crippen LogP contribution in [0.4, 0.5) is 4.39 Å². The second-order valence-electron chi connectivity index (χ2n) is 3.89. The molecule has 21 heavy (non-hydrogen) atoms. The van der Waals surface area contributed by atoms with E-state index in [0.717, 1.165) is 0 Å². The molecule has 2 N–H and O–H groups in total. The lowest BCUT2D eigenvalue weighted by atomic mass is 10.2. The maximum atomic E-state index is 13.5. The smallest absolute Gasteiger partial charge is 0.336 e. The SMILES string of the molecule is COc1cc(-n2c(O)c(F)c(=O)[nH]c2=O)c(OC)cc1Cl. The molecule has 0 radical (unpaired) electrons. The fourth-order valence-electron chi connectivity index (χ4n) is 1.75. The number of rotatable bonds is 3. The van der Waals surface area contributed by atoms with Gasteiger partial charge >= 0.3 is 5.69 Å². The van der Waals surface area contributed by atoms with E-state index in [1.54, 1.807) is 4.98 Å². The summed E-state index contributed by atoms with van der Waals surface area (Å²) in [5, 5.41) is 9.89. The quantitative estimate of drug-likeness (QED) is 0.882. The zero-order chi connectivity index (χ0) is 15.7. The van der Waals surface area contributed by atoms with Crippen molar-refractivity contribution < 1.29 is 19.0 Å². The zero-order valence-electron chi connectivity index (χ0n) is 10.9. The van der Waals surface area contributed by atoms with Gasteiger partial charge < -0.3 is 14.6 Å². The first-order valence-electron chi connectivity index (χ1n) is 5.56. The predicted molar refractivity (Wildman–Crippen MR) is 72.4 cm³/mol. The van der Waals surface area contributed by atoms with Crippen LogP contribution in [0.1, 0.15) is 0 Å². The van der Waals surface area contributed by atoms with Gasteiger partial charge in [0.2, 0.25) is 11.7 Å². The van der Waals surface area contributed by atoms with Crippen molar-refractivity contribution in [3.63, 3.8) is 0 Å². The van der Waals surface area contributed by atoms with E-state index in [4.69, 9.17) is 21.1 Å². The Kier molecular flexibility index (Phi) is 3.90. The molecule has 0 amide bonds. The number of benzene rings is 1. The number of aromatic nitrogens is 2. The minimum atomic E-state index is -1.49. The number of H-pyrrole nitrogens is 1. The maximum absolute atomic E-state index is 13.5. The molecule has 1 heterocycles. The van der Waals surface area contributed by atoms with Gasteiger partial charge in [0.05, 0.1) is 24.9 Å². The van der Waals surface area contributed by atoms with Gasteiger partial charge in [0.25, 0.3) is 5.56 Å². The Morgan fingerprint density at radius 1 is 1.24 bits per heavy atom. The van der Waals surface area contributed by atoms with E-state index >= 15 is 0 Å². The lowest BCUT2D eigenvalue weighted by Crippen LogP contribution is -2.31. The number of hydrogen-bond acceptors (Lipinski definition) is 5. The van der Waals surface area contributed by atoms with Crippen LogP contribution in [0.5, 0.6) is 17.4 Å². The summed E-state index contributed by atoms with van der Waals surface area (Å²) < 4.78 is 24.1. The van der Waals surface area contributed by atoms with Gasteiger partial charge in [-0.05, 0) is 0 Å². The van der Waals surface area contributed by atoms with Crippen LogP contribution in [0.15, 0.2) is 21.7 Å². The van der Waals surface area contributed by atoms with Gasteiger partial charge in [0, 0.05) is 12.1 Å². The number of hydrogen-bond donors (Lipinski definition) is 2. The number of aromatic hydroxyl groups is 1. The van der Waals surface area contributed by atoms with Gasteiger partial charge in [-0.2, -0.15) is 4.39 Å². The maximum Gasteiger partial charge on any atom is 0.336 e. The number of ether oxygens (including phenoxy) is 2. The van der Waals surface area contributed by atoms with Crippen LogP contribution in [0.25, 0.3) is 5.69 Å². The molecule has 0 aliphatic carbocycles. The lowest BCUT2D eigenvalue weighted by Gasteiger charge is -2.14. The Labute approximate surface area is 122 Å². The predicted octanol–water partition coefficient (Wildman–Crippen LogP) is 1.04. The summed E-state index contributed by atoms with van der Waals surface area (Å²) >= 11 is 5.92. The van der Waals surface area contributed by atoms with E-state index in [1.165, 1.54) is 26.4 Å². The van der Waals surface area contributed by atoms with Gasteiger partial charge in [-0.1, -0.05) is 11.6 Å². The van der Waals surface area contributed by atoms with Gasteiger partial charge in [0.15, 0.2) is 0 Å². The average Bonchev–Trinajstić information content (AvgIpc) is 2.45. The largest absolute Gasteiger partial charge is 0.495 e. The Morgan fingerprint density at radius 2 is 1.86 bits per heavy atom. The molecule has 0 fully saturated rings. The molecule has 0 saturated heterocycles. The lowest BCUT2D eigenvalue weighted by molar-refractivity contribution is 0.375. The number of methoxy groups -OCH3 is 2. The normalized spacial score (nSPS) is 10.5. The summed E-state index contributed by atoms with van der Waals surface area (Å²) in [6, 6.07) is 2.59. The molecule has 7 nitrogen and oxygen atoms in total. The van der Waals surface area contributed by atoms with Crippen LogP contribution < -0.4 is 20.7 Å². The van der Waals surface area contributed by atoms with Crippen LogP contribution >= 0.6 is 11.6 Å². The molecule has 1 aromatic carbocycles. The number of aromatic amines is 1. The summed E-state index contributed by atoms with van der Waals surface area (Å²) in [7, 11) is 2.64. The summed E-state index contributed by atoms with van der Waals surface area (Å²) in [5.74, 6) is -2.40. The molecule has 0 unspecified atom stereocenters. The Bertz CT molecular complexity index is 815. The van der Waals surface area contributed by atoms with Gasteiger partial charge in [-0.25, -0.2) is 9.36 Å². The minimum Gasteiger partial charge on any atom is -0.495 e. The highest BCUT2D eigenvalue weighted by atomic mass is 35.5. The molecule has 0 spiro atoms. The third-order valence-electron chi connectivity index (χ3n) is 2.73. The highest BCUT2D eigenvalue weighted by Gasteiger charge is 2.20. The van der Waals surface area contributed by atoms with Crippen molar-refractivity contribution in [2.75, 3.05) is 14.2 Å². The van der Waals surface area contributed by atoms with E-state index in [1.807, 2.05) is 0 Å². The van der Waals surface area contributed by atoms with Crippen molar-refractivity contribution in [2.24, 2.45) is 0 Å². The summed E-state index contributed by atoms with van der Waals surface area (Å²) in [5.41, 5.74) is -2.41. The van der Waals surface area contributed by atoms with E-state index in [9.17, 15) is 19.1 Å². The third-order valence-corrected chi connectivity index (χ3v) is 3.02. The van der Waals surface area contributed by atoms with E-state index in [-0.39, 0.29) is 22.2 Å². The van der Waals surface area contributed by atoms with E-state index in [2.05, 4.69) is 0 Å². The molecule has 0 aliphatic heterocycles. The van der Waals surface area contributed by atoms with Crippen LogP contribution in [0, 0.1) is 5.82 Å². The van der Waals surface area contributed by atoms with Crippen LogP contribution in [-0.4, -0.2) is 28.9 Å². The van der Waals surface area contributed by atoms with Crippen LogP contribution in [-0.2, 0) is 0 Å². The molecule has 112 valence electrons. The van der Waals surface area contributed by atoms with Crippen molar-refractivity contribution in [1.29, 1.82) is 0 Å². The first-order valence-corrected chi connectivity index (χ1v) is 5.94. The highest BCUT2D eigenvalue weighted by Crippen LogP contribution is 2.35. The van der Waals surface area contributed by atoms with E-state index in [0.29, 0.717) is 4.57 Å². The second-order valence-corrected chi connectivity index (χ2v) is 4.30. The third kappa shape index (κ3) is 2.45. The average molecular weight is 317 g/mol. The molecular formula is C12H10ClFN2O5. The Morgan fingerprint density at radius 3 is 2.43 bits per heavy atom. The van der Waals surface area contributed by atoms with Crippen molar-refractivity contribution >= 4 is 11.6 Å². The highest BCUT2D eigenvalue weighted by molar-refractivity contribution is 6.32. The molecular weight excluding hydrogens is 307 g/mol. The first kappa shape index (κ1) is 14.9. The summed E-state index contributed by atoms with van der Waals surface area (Å²) in [6.45, 7) is 0. The molecule has 0 saturated carbocycles. The van der Waals surface area contributed by atoms with Crippen molar-refractivity contribution in [2.45, 2.75) is 0 Å². The van der Waals surface area contributed by atoms with Crippen LogP contribution in [0.2, 0.25) is 5.02 Å². The topological polar surface area (TPSA) is 93.5 Å². The minimum absolute atomic E-state index is 0.0450. The molecule has 9 heteroatoms. The molecule has 2 aromatic rings. The zero-order valence-corrected chi connectivity index (χ0v) is 11.7. The van der Waals surface area contributed by atoms with Crippen molar-refractivity contribution in [3.8, 4) is 23.1 Å². The summed E-state index contributed by atoms with van der Waals surface area (Å²) in [4.78, 5) is 24.6. The van der Waals surface area contributed by atoms with Gasteiger partial charge in [-0.15, -0.1) is 0 Å². The monoisotopic (exact) mass is 316 g/mol. The van der Waals surface area contributed by atoms with Crippen molar-refractivity contribution in [1.82, 2.24) is 9.55 Å². The molecule has 0 atom stereocenters. The van der Waals surface area contributed by atoms with Gasteiger partial charge in [-0.3, -0.25) is 9.78 Å². The Hall–Kier alpha value is -2.48. The molecule has 2 rings (SSSR count). The van der Waals surface area contributed by atoms with Crippen LogP contribution in [0.3, 0.4) is 0 Å². The summed E-state index contributed by atoms with van der Waals surface area (Å²) in [6.07, 6.45) is 0. The Balaban J connectivity index is 2.87. The molecule has 0 aliphatic rings. The first-order chi connectivity index (χ1) is 9.90. The molecule has 0 bridgehead atoms. The fraction of sp³-hybridized carbons (Fsp3) is 0.167. The molecule has 1 aromatic heterocycles. The number of nitrogens with zero attached hydrogens (tertiary/aromatic N) is 1. The standard InChI is InChI=1S/C12H10ClFN2O5/c1-20-7-4-6(8(21-2)3-5(7)13)16-11(18)9(14)10(17)15-12(16)19/h3-4,18H,1-2H3,(H,15,17,19). The van der Waals surface area contributed by atoms with E-state index < -0.39 is 22.9 Å². The van der Waals surface area contributed by atoms with Crippen molar-refractivity contribution in [3.05, 3.63) is 43.8 Å². The number of nitrogens with one attached hydrogen (secondary N) is 1.